The Morgan fingerprint density at radius 1 is 1.04 bits per heavy atom. The highest BCUT2D eigenvalue weighted by atomic mass is 32.2. The van der Waals surface area contributed by atoms with Gasteiger partial charge in [0.25, 0.3) is 10.2 Å². The molecular weight excluding hydrogens is 336 g/mol. The van der Waals surface area contributed by atoms with Gasteiger partial charge in [0.1, 0.15) is 0 Å². The number of hydrogen-bond acceptors (Lipinski definition) is 6. The molecule has 0 aliphatic rings. The molecule has 8 nitrogen and oxygen atoms in total. The SMILES string of the molecule is COC(=O)CCCCCNS(=O)(=O)Nc1ccccc1C(=O)OC. The minimum Gasteiger partial charge on any atom is -0.469 e. The Hall–Kier alpha value is -2.13. The third kappa shape index (κ3) is 6.97. The summed E-state index contributed by atoms with van der Waals surface area (Å²) < 4.78 is 37.8. The molecule has 1 aromatic rings. The van der Waals surface area contributed by atoms with Gasteiger partial charge in [0.2, 0.25) is 0 Å². The smallest absolute Gasteiger partial charge is 0.339 e. The summed E-state index contributed by atoms with van der Waals surface area (Å²) in [4.78, 5) is 22.6. The zero-order valence-corrected chi connectivity index (χ0v) is 14.5. The zero-order chi connectivity index (χ0) is 18.0. The molecule has 0 fully saturated rings. The van der Waals surface area contributed by atoms with Crippen LogP contribution in [0.1, 0.15) is 36.0 Å². The molecule has 24 heavy (non-hydrogen) atoms. The van der Waals surface area contributed by atoms with Crippen molar-refractivity contribution in [2.45, 2.75) is 25.7 Å². The number of methoxy groups -OCH3 is 2. The van der Waals surface area contributed by atoms with Crippen molar-refractivity contribution in [3.63, 3.8) is 0 Å². The first-order chi connectivity index (χ1) is 11.4. The van der Waals surface area contributed by atoms with E-state index in [-0.39, 0.29) is 23.8 Å². The molecule has 2 N–H and O–H groups in total. The molecule has 0 radical (unpaired) electrons. The van der Waals surface area contributed by atoms with Crippen molar-refractivity contribution in [3.8, 4) is 0 Å². The van der Waals surface area contributed by atoms with Crippen LogP contribution in [0.25, 0.3) is 0 Å². The lowest BCUT2D eigenvalue weighted by Crippen LogP contribution is -2.31. The fourth-order valence-electron chi connectivity index (χ4n) is 1.92. The van der Waals surface area contributed by atoms with Gasteiger partial charge >= 0.3 is 11.9 Å². The number of ether oxygens (including phenoxy) is 2. The van der Waals surface area contributed by atoms with Gasteiger partial charge in [-0.25, -0.2) is 4.79 Å². The Labute approximate surface area is 141 Å². The van der Waals surface area contributed by atoms with Gasteiger partial charge in [0.15, 0.2) is 0 Å². The second-order valence-corrected chi connectivity index (χ2v) is 6.42. The number of hydrogen-bond donors (Lipinski definition) is 2. The molecule has 134 valence electrons. The van der Waals surface area contributed by atoms with Crippen LogP contribution in [0.2, 0.25) is 0 Å². The van der Waals surface area contributed by atoms with Crippen molar-refractivity contribution in [2.24, 2.45) is 0 Å². The Morgan fingerprint density at radius 2 is 1.75 bits per heavy atom. The number of esters is 2. The zero-order valence-electron chi connectivity index (χ0n) is 13.7. The summed E-state index contributed by atoms with van der Waals surface area (Å²) in [7, 11) is -1.26. The van der Waals surface area contributed by atoms with Crippen molar-refractivity contribution in [1.29, 1.82) is 0 Å². The molecule has 9 heteroatoms. The second kappa shape index (κ2) is 9.89. The Bertz CT molecular complexity index is 660. The van der Waals surface area contributed by atoms with Crippen LogP contribution in [0.15, 0.2) is 24.3 Å². The fourth-order valence-corrected chi connectivity index (χ4v) is 2.87. The normalized spacial score (nSPS) is 10.9. The van der Waals surface area contributed by atoms with Crippen LogP contribution >= 0.6 is 0 Å². The van der Waals surface area contributed by atoms with E-state index in [1.165, 1.54) is 26.4 Å². The highest BCUT2D eigenvalue weighted by Gasteiger charge is 2.16. The first-order valence-corrected chi connectivity index (χ1v) is 8.89. The first-order valence-electron chi connectivity index (χ1n) is 7.41. The molecule has 0 heterocycles. The first kappa shape index (κ1) is 19.9. The van der Waals surface area contributed by atoms with Crippen LogP contribution in [0.4, 0.5) is 5.69 Å². The van der Waals surface area contributed by atoms with E-state index in [0.717, 1.165) is 0 Å². The molecule has 0 aliphatic carbocycles. The van der Waals surface area contributed by atoms with Crippen LogP contribution in [0.5, 0.6) is 0 Å². The fraction of sp³-hybridized carbons (Fsp3) is 0.467. The maximum Gasteiger partial charge on any atom is 0.339 e. The number of nitrogens with one attached hydrogen (secondary N) is 2. The highest BCUT2D eigenvalue weighted by Crippen LogP contribution is 2.17. The quantitative estimate of drug-likeness (QED) is 0.484. The van der Waals surface area contributed by atoms with E-state index in [4.69, 9.17) is 0 Å². The van der Waals surface area contributed by atoms with E-state index in [1.54, 1.807) is 12.1 Å². The topological polar surface area (TPSA) is 111 Å². The van der Waals surface area contributed by atoms with Crippen LogP contribution in [0, 0.1) is 0 Å². The van der Waals surface area contributed by atoms with Gasteiger partial charge in [-0.15, -0.1) is 0 Å². The van der Waals surface area contributed by atoms with E-state index in [0.29, 0.717) is 25.7 Å². The molecule has 0 saturated heterocycles. The minimum atomic E-state index is -3.81. The van der Waals surface area contributed by atoms with E-state index in [1.807, 2.05) is 0 Å². The molecule has 0 atom stereocenters. The van der Waals surface area contributed by atoms with Crippen molar-refractivity contribution in [2.75, 3.05) is 25.5 Å². The van der Waals surface area contributed by atoms with E-state index in [9.17, 15) is 18.0 Å². The average molecular weight is 358 g/mol. The van der Waals surface area contributed by atoms with E-state index in [2.05, 4.69) is 18.9 Å². The van der Waals surface area contributed by atoms with Crippen molar-refractivity contribution < 1.29 is 27.5 Å². The largest absolute Gasteiger partial charge is 0.469 e. The summed E-state index contributed by atoms with van der Waals surface area (Å²) in [6, 6.07) is 6.16. The number of unbranched alkanes of at least 4 members (excludes halogenated alkanes) is 2. The van der Waals surface area contributed by atoms with Gasteiger partial charge in [0.05, 0.1) is 25.5 Å². The Kier molecular flexibility index (Phi) is 8.20. The van der Waals surface area contributed by atoms with Crippen LogP contribution in [-0.4, -0.2) is 41.1 Å². The number of carbonyl (C=O) groups is 2. The summed E-state index contributed by atoms with van der Waals surface area (Å²) in [5.41, 5.74) is 0.269. The van der Waals surface area contributed by atoms with Gasteiger partial charge < -0.3 is 9.47 Å². The Morgan fingerprint density at radius 3 is 2.42 bits per heavy atom. The van der Waals surface area contributed by atoms with E-state index < -0.39 is 16.2 Å². The van der Waals surface area contributed by atoms with E-state index >= 15 is 0 Å². The predicted molar refractivity (Wildman–Crippen MR) is 88.8 cm³/mol. The lowest BCUT2D eigenvalue weighted by atomic mass is 10.2. The van der Waals surface area contributed by atoms with Crippen LogP contribution < -0.4 is 9.44 Å². The lowest BCUT2D eigenvalue weighted by molar-refractivity contribution is -0.140. The van der Waals surface area contributed by atoms with Crippen molar-refractivity contribution in [3.05, 3.63) is 29.8 Å². The van der Waals surface area contributed by atoms with Crippen molar-refractivity contribution >= 4 is 27.8 Å². The molecule has 0 aromatic heterocycles. The van der Waals surface area contributed by atoms with Gasteiger partial charge in [-0.3, -0.25) is 9.52 Å². The van der Waals surface area contributed by atoms with Gasteiger partial charge in [-0.2, -0.15) is 13.1 Å². The highest BCUT2D eigenvalue weighted by molar-refractivity contribution is 7.90. The second-order valence-electron chi connectivity index (χ2n) is 4.92. The average Bonchev–Trinajstić information content (AvgIpc) is 2.57. The lowest BCUT2D eigenvalue weighted by Gasteiger charge is -2.12. The molecule has 1 rings (SSSR count). The van der Waals surface area contributed by atoms with Crippen LogP contribution in [0.3, 0.4) is 0 Å². The molecular formula is C15H22N2O6S. The standard InChI is InChI=1S/C15H22N2O6S/c1-22-14(18)10-4-3-7-11-16-24(20,21)17-13-9-6-5-8-12(13)15(19)23-2/h5-6,8-9,16-17H,3-4,7,10-11H2,1-2H3. The molecule has 0 bridgehead atoms. The number of benzene rings is 1. The molecule has 0 unspecified atom stereocenters. The summed E-state index contributed by atoms with van der Waals surface area (Å²) in [6.07, 6.45) is 2.22. The molecule has 0 aliphatic heterocycles. The number of anilines is 1. The summed E-state index contributed by atoms with van der Waals surface area (Å²) in [5.74, 6) is -0.909. The van der Waals surface area contributed by atoms with Crippen LogP contribution in [-0.2, 0) is 24.5 Å². The van der Waals surface area contributed by atoms with Gasteiger partial charge in [-0.05, 0) is 25.0 Å². The summed E-state index contributed by atoms with van der Waals surface area (Å²) >= 11 is 0. The summed E-state index contributed by atoms with van der Waals surface area (Å²) in [5, 5.41) is 0. The third-order valence-electron chi connectivity index (χ3n) is 3.15. The molecule has 1 aromatic carbocycles. The third-order valence-corrected chi connectivity index (χ3v) is 4.23. The minimum absolute atomic E-state index is 0.128. The Balaban J connectivity index is 2.47. The van der Waals surface area contributed by atoms with Gasteiger partial charge in [-0.1, -0.05) is 18.6 Å². The maximum atomic E-state index is 12.0. The number of carbonyl (C=O) groups excluding carboxylic acids is 2. The maximum absolute atomic E-state index is 12.0. The van der Waals surface area contributed by atoms with Gasteiger partial charge in [0, 0.05) is 13.0 Å². The predicted octanol–water partition coefficient (Wildman–Crippen LogP) is 1.45. The molecule has 0 amide bonds. The monoisotopic (exact) mass is 358 g/mol. The molecule has 0 spiro atoms. The molecule has 0 saturated carbocycles. The number of rotatable bonds is 10. The summed E-state index contributed by atoms with van der Waals surface area (Å²) in [6.45, 7) is 0.219. The number of para-hydroxylation sites is 1. The van der Waals surface area contributed by atoms with Crippen molar-refractivity contribution in [1.82, 2.24) is 4.72 Å².